The smallest absolute Gasteiger partial charge is 0.115 e. The average Bonchev–Trinajstić information content (AvgIpc) is 2.39. The highest BCUT2D eigenvalue weighted by Gasteiger charge is 2.15. The molecule has 0 bridgehead atoms. The third-order valence-electron chi connectivity index (χ3n) is 3.53. The van der Waals surface area contributed by atoms with Crippen molar-refractivity contribution in [2.45, 2.75) is 19.5 Å². The summed E-state index contributed by atoms with van der Waals surface area (Å²) in [6.45, 7) is 3.00. The Kier molecular flexibility index (Phi) is 3.03. The highest BCUT2D eigenvalue weighted by atomic mass is 16.3. The summed E-state index contributed by atoms with van der Waals surface area (Å²) in [6, 6.07) is 16.2. The van der Waals surface area contributed by atoms with Crippen molar-refractivity contribution in [3.8, 4) is 5.75 Å². The Morgan fingerprint density at radius 1 is 1.00 bits per heavy atom. The van der Waals surface area contributed by atoms with Crippen LogP contribution in [0.1, 0.15) is 16.7 Å². The lowest BCUT2D eigenvalue weighted by atomic mass is 9.99. The topological polar surface area (TPSA) is 23.5 Å². The molecule has 0 spiro atoms. The minimum Gasteiger partial charge on any atom is -0.508 e. The van der Waals surface area contributed by atoms with Crippen molar-refractivity contribution in [3.63, 3.8) is 0 Å². The molecule has 0 aromatic heterocycles. The number of aromatic hydroxyl groups is 1. The molecule has 3 rings (SSSR count). The third kappa shape index (κ3) is 2.39. The molecule has 92 valence electrons. The van der Waals surface area contributed by atoms with Crippen LogP contribution in [0, 0.1) is 0 Å². The molecule has 0 radical (unpaired) electrons. The van der Waals surface area contributed by atoms with Crippen LogP contribution in [0.2, 0.25) is 0 Å². The van der Waals surface area contributed by atoms with Gasteiger partial charge in [-0.25, -0.2) is 0 Å². The van der Waals surface area contributed by atoms with Crippen molar-refractivity contribution in [2.24, 2.45) is 0 Å². The molecule has 2 aromatic carbocycles. The lowest BCUT2D eigenvalue weighted by Crippen LogP contribution is -2.29. The fourth-order valence-electron chi connectivity index (χ4n) is 2.60. The van der Waals surface area contributed by atoms with Gasteiger partial charge in [0.25, 0.3) is 0 Å². The van der Waals surface area contributed by atoms with E-state index >= 15 is 0 Å². The molecule has 2 heteroatoms. The number of hydrogen-bond donors (Lipinski definition) is 1. The zero-order valence-electron chi connectivity index (χ0n) is 10.3. The maximum atomic E-state index is 9.48. The van der Waals surface area contributed by atoms with Gasteiger partial charge in [0.2, 0.25) is 0 Å². The highest BCUT2D eigenvalue weighted by molar-refractivity contribution is 5.30. The summed E-state index contributed by atoms with van der Waals surface area (Å²) in [4.78, 5) is 2.43. The first-order valence-corrected chi connectivity index (χ1v) is 6.38. The Labute approximate surface area is 107 Å². The zero-order chi connectivity index (χ0) is 12.4. The van der Waals surface area contributed by atoms with E-state index in [0.29, 0.717) is 5.75 Å². The molecule has 2 aromatic rings. The third-order valence-corrected chi connectivity index (χ3v) is 3.53. The van der Waals surface area contributed by atoms with E-state index in [1.54, 1.807) is 6.07 Å². The van der Waals surface area contributed by atoms with E-state index in [4.69, 9.17) is 0 Å². The van der Waals surface area contributed by atoms with Gasteiger partial charge in [-0.3, -0.25) is 4.90 Å². The molecule has 1 heterocycles. The lowest BCUT2D eigenvalue weighted by molar-refractivity contribution is 0.245. The van der Waals surface area contributed by atoms with Crippen molar-refractivity contribution in [1.29, 1.82) is 0 Å². The predicted molar refractivity (Wildman–Crippen MR) is 72.4 cm³/mol. The Morgan fingerprint density at radius 3 is 2.67 bits per heavy atom. The summed E-state index contributed by atoms with van der Waals surface area (Å²) in [5, 5.41) is 9.48. The first kappa shape index (κ1) is 11.3. The van der Waals surface area contributed by atoms with Gasteiger partial charge in [-0.2, -0.15) is 0 Å². The van der Waals surface area contributed by atoms with Crippen LogP contribution in [0.4, 0.5) is 0 Å². The van der Waals surface area contributed by atoms with Crippen LogP contribution >= 0.6 is 0 Å². The van der Waals surface area contributed by atoms with Crippen molar-refractivity contribution in [3.05, 3.63) is 65.2 Å². The quantitative estimate of drug-likeness (QED) is 0.871. The fourth-order valence-corrected chi connectivity index (χ4v) is 2.60. The zero-order valence-corrected chi connectivity index (χ0v) is 10.3. The number of phenols is 1. The van der Waals surface area contributed by atoms with Gasteiger partial charge in [0.15, 0.2) is 0 Å². The number of rotatable bonds is 2. The molecule has 0 aliphatic carbocycles. The molecule has 0 saturated heterocycles. The van der Waals surface area contributed by atoms with Gasteiger partial charge in [0.1, 0.15) is 5.75 Å². The molecule has 1 aliphatic rings. The summed E-state index contributed by atoms with van der Waals surface area (Å²) < 4.78 is 0. The van der Waals surface area contributed by atoms with Crippen LogP contribution in [0.5, 0.6) is 5.75 Å². The summed E-state index contributed by atoms with van der Waals surface area (Å²) in [7, 11) is 0. The maximum Gasteiger partial charge on any atom is 0.115 e. The summed E-state index contributed by atoms with van der Waals surface area (Å²) in [6.07, 6.45) is 1.12. The molecule has 0 atom stereocenters. The second-order valence-corrected chi connectivity index (χ2v) is 4.90. The molecule has 1 aliphatic heterocycles. The average molecular weight is 239 g/mol. The van der Waals surface area contributed by atoms with Gasteiger partial charge in [-0.15, -0.1) is 0 Å². The van der Waals surface area contributed by atoms with Gasteiger partial charge < -0.3 is 5.11 Å². The SMILES string of the molecule is Oc1cccc(CN2CCc3ccccc3C2)c1. The van der Waals surface area contributed by atoms with Crippen molar-refractivity contribution in [1.82, 2.24) is 4.90 Å². The normalized spacial score (nSPS) is 15.3. The minimum absolute atomic E-state index is 0.352. The number of hydrogen-bond acceptors (Lipinski definition) is 2. The Balaban J connectivity index is 1.73. The van der Waals surface area contributed by atoms with Crippen molar-refractivity contribution >= 4 is 0 Å². The second kappa shape index (κ2) is 4.83. The summed E-state index contributed by atoms with van der Waals surface area (Å²) in [5.41, 5.74) is 4.09. The number of nitrogens with zero attached hydrogens (tertiary/aromatic N) is 1. The minimum atomic E-state index is 0.352. The first-order chi connectivity index (χ1) is 8.81. The van der Waals surface area contributed by atoms with E-state index in [1.807, 2.05) is 12.1 Å². The van der Waals surface area contributed by atoms with Gasteiger partial charge in [0.05, 0.1) is 0 Å². The molecule has 2 nitrogen and oxygen atoms in total. The lowest BCUT2D eigenvalue weighted by Gasteiger charge is -2.28. The molecule has 0 fully saturated rings. The molecule has 0 amide bonds. The maximum absolute atomic E-state index is 9.48. The van der Waals surface area contributed by atoms with Crippen LogP contribution in [0.3, 0.4) is 0 Å². The van der Waals surface area contributed by atoms with E-state index in [-0.39, 0.29) is 0 Å². The highest BCUT2D eigenvalue weighted by Crippen LogP contribution is 2.21. The van der Waals surface area contributed by atoms with E-state index < -0.39 is 0 Å². The van der Waals surface area contributed by atoms with Gasteiger partial charge >= 0.3 is 0 Å². The van der Waals surface area contributed by atoms with Crippen LogP contribution in [-0.2, 0) is 19.5 Å². The number of fused-ring (bicyclic) bond motifs is 1. The van der Waals surface area contributed by atoms with Crippen LogP contribution in [0.15, 0.2) is 48.5 Å². The number of phenolic OH excluding ortho intramolecular Hbond substituents is 1. The molecule has 1 N–H and O–H groups in total. The first-order valence-electron chi connectivity index (χ1n) is 6.38. The molecule has 0 saturated carbocycles. The summed E-state index contributed by atoms with van der Waals surface area (Å²) >= 11 is 0. The van der Waals surface area contributed by atoms with Crippen molar-refractivity contribution < 1.29 is 5.11 Å². The monoisotopic (exact) mass is 239 g/mol. The van der Waals surface area contributed by atoms with Crippen LogP contribution in [-0.4, -0.2) is 16.6 Å². The van der Waals surface area contributed by atoms with E-state index in [9.17, 15) is 5.11 Å². The molecule has 0 unspecified atom stereocenters. The summed E-state index contributed by atoms with van der Waals surface area (Å²) in [5.74, 6) is 0.352. The largest absolute Gasteiger partial charge is 0.508 e. The second-order valence-electron chi connectivity index (χ2n) is 4.90. The molecular formula is C16H17NO. The van der Waals surface area contributed by atoms with Gasteiger partial charge in [-0.05, 0) is 35.2 Å². The van der Waals surface area contributed by atoms with Crippen molar-refractivity contribution in [2.75, 3.05) is 6.54 Å². The standard InChI is InChI=1S/C16H17NO/c18-16-7-3-4-13(10-16)11-17-9-8-14-5-1-2-6-15(14)12-17/h1-7,10,18H,8-9,11-12H2. The Morgan fingerprint density at radius 2 is 1.83 bits per heavy atom. The van der Waals surface area contributed by atoms with Crippen LogP contribution < -0.4 is 0 Å². The van der Waals surface area contributed by atoms with Gasteiger partial charge in [0, 0.05) is 19.6 Å². The van der Waals surface area contributed by atoms with E-state index in [2.05, 4.69) is 35.2 Å². The molecule has 18 heavy (non-hydrogen) atoms. The predicted octanol–water partition coefficient (Wildman–Crippen LogP) is 2.95. The van der Waals surface area contributed by atoms with Crippen LogP contribution in [0.25, 0.3) is 0 Å². The van der Waals surface area contributed by atoms with E-state index in [0.717, 1.165) is 26.1 Å². The Hall–Kier alpha value is -1.80. The molecular weight excluding hydrogens is 222 g/mol. The Bertz CT molecular complexity index is 550. The van der Waals surface area contributed by atoms with E-state index in [1.165, 1.54) is 16.7 Å². The fraction of sp³-hybridized carbons (Fsp3) is 0.250. The number of benzene rings is 2. The van der Waals surface area contributed by atoms with Gasteiger partial charge in [-0.1, -0.05) is 36.4 Å².